The summed E-state index contributed by atoms with van der Waals surface area (Å²) < 4.78 is 7.33. The fraction of sp³-hybridized carbons (Fsp3) is 0.115. The molecule has 0 spiro atoms. The third kappa shape index (κ3) is 4.99. The number of para-hydroxylation sites is 1. The standard InChI is InChI=1S/C26H22N6O3/c1-30(18-24-27-26(29-35-24)20-12-14-23(15-13-20)32(33)34)16-21-17-31(22-10-6-3-7-11-22)28-25(21)19-8-4-2-5-9-19/h2-15,17H,16,18H2,1H3. The molecule has 174 valence electrons. The smallest absolute Gasteiger partial charge is 0.269 e. The van der Waals surface area contributed by atoms with Gasteiger partial charge in [-0.3, -0.25) is 15.0 Å². The Morgan fingerprint density at radius 3 is 2.29 bits per heavy atom. The van der Waals surface area contributed by atoms with Gasteiger partial charge in [0.25, 0.3) is 5.69 Å². The van der Waals surface area contributed by atoms with Crippen LogP contribution in [0.15, 0.2) is 95.6 Å². The number of hydrogen-bond acceptors (Lipinski definition) is 7. The first-order chi connectivity index (χ1) is 17.1. The van der Waals surface area contributed by atoms with E-state index in [9.17, 15) is 10.1 Å². The number of non-ortho nitro benzene ring substituents is 1. The highest BCUT2D eigenvalue weighted by Gasteiger charge is 2.17. The van der Waals surface area contributed by atoms with Gasteiger partial charge in [-0.1, -0.05) is 53.7 Å². The normalized spacial score (nSPS) is 11.1. The summed E-state index contributed by atoms with van der Waals surface area (Å²) in [7, 11) is 1.98. The monoisotopic (exact) mass is 466 g/mol. The molecular formula is C26H22N6O3. The maximum Gasteiger partial charge on any atom is 0.269 e. The van der Waals surface area contributed by atoms with E-state index in [4.69, 9.17) is 9.62 Å². The number of hydrogen-bond donors (Lipinski definition) is 0. The molecule has 0 unspecified atom stereocenters. The molecule has 0 saturated carbocycles. The molecule has 0 radical (unpaired) electrons. The Balaban J connectivity index is 1.35. The molecule has 9 heteroatoms. The molecule has 0 aliphatic carbocycles. The molecule has 2 aromatic heterocycles. The highest BCUT2D eigenvalue weighted by atomic mass is 16.6. The molecule has 0 atom stereocenters. The minimum Gasteiger partial charge on any atom is -0.338 e. The highest BCUT2D eigenvalue weighted by Crippen LogP contribution is 2.25. The molecule has 3 aromatic carbocycles. The van der Waals surface area contributed by atoms with Gasteiger partial charge in [-0.15, -0.1) is 0 Å². The maximum absolute atomic E-state index is 10.9. The second kappa shape index (κ2) is 9.70. The Hall–Kier alpha value is -4.63. The van der Waals surface area contributed by atoms with Crippen LogP contribution < -0.4 is 0 Å². The number of nitro groups is 1. The minimum atomic E-state index is -0.440. The first kappa shape index (κ1) is 22.2. The maximum atomic E-state index is 10.9. The molecule has 9 nitrogen and oxygen atoms in total. The molecule has 35 heavy (non-hydrogen) atoms. The lowest BCUT2D eigenvalue weighted by Crippen LogP contribution is -2.17. The van der Waals surface area contributed by atoms with Crippen molar-refractivity contribution in [2.75, 3.05) is 7.05 Å². The van der Waals surface area contributed by atoms with Crippen LogP contribution in [0.2, 0.25) is 0 Å². The summed E-state index contributed by atoms with van der Waals surface area (Å²) >= 11 is 0. The zero-order chi connectivity index (χ0) is 24.2. The number of nitrogens with zero attached hydrogens (tertiary/aromatic N) is 6. The molecule has 0 bridgehead atoms. The number of rotatable bonds is 8. The van der Waals surface area contributed by atoms with Crippen molar-refractivity contribution in [3.8, 4) is 28.3 Å². The Morgan fingerprint density at radius 1 is 0.914 bits per heavy atom. The Labute approximate surface area is 201 Å². The summed E-state index contributed by atoms with van der Waals surface area (Å²) in [6.45, 7) is 1.05. The Kier molecular flexibility index (Phi) is 6.15. The molecule has 5 aromatic rings. The topological polar surface area (TPSA) is 103 Å². The van der Waals surface area contributed by atoms with Crippen LogP contribution in [0, 0.1) is 10.1 Å². The molecule has 0 amide bonds. The largest absolute Gasteiger partial charge is 0.338 e. The summed E-state index contributed by atoms with van der Waals surface area (Å²) in [6.07, 6.45) is 2.05. The third-order valence-electron chi connectivity index (χ3n) is 5.51. The fourth-order valence-electron chi connectivity index (χ4n) is 3.82. The Bertz CT molecular complexity index is 1430. The molecule has 0 aliphatic heterocycles. The lowest BCUT2D eigenvalue weighted by molar-refractivity contribution is -0.384. The zero-order valence-electron chi connectivity index (χ0n) is 19.0. The second-order valence-corrected chi connectivity index (χ2v) is 8.14. The average molecular weight is 467 g/mol. The van der Waals surface area contributed by atoms with Crippen LogP contribution in [-0.4, -0.2) is 36.8 Å². The number of nitro benzene ring substituents is 1. The van der Waals surface area contributed by atoms with E-state index in [-0.39, 0.29) is 5.69 Å². The SMILES string of the molecule is CN(Cc1nc(-c2ccc([N+](=O)[O-])cc2)no1)Cc1cn(-c2ccccc2)nc1-c1ccccc1. The van der Waals surface area contributed by atoms with Gasteiger partial charge in [0.05, 0.1) is 22.8 Å². The van der Waals surface area contributed by atoms with Crippen LogP contribution in [0.25, 0.3) is 28.3 Å². The van der Waals surface area contributed by atoms with E-state index < -0.39 is 4.92 Å². The lowest BCUT2D eigenvalue weighted by Gasteiger charge is -2.13. The van der Waals surface area contributed by atoms with Crippen molar-refractivity contribution in [2.24, 2.45) is 0 Å². The molecular weight excluding hydrogens is 444 g/mol. The highest BCUT2D eigenvalue weighted by molar-refractivity contribution is 5.63. The van der Waals surface area contributed by atoms with Gasteiger partial charge in [0.2, 0.25) is 11.7 Å². The van der Waals surface area contributed by atoms with Crippen molar-refractivity contribution in [3.63, 3.8) is 0 Å². The van der Waals surface area contributed by atoms with Crippen LogP contribution in [0.5, 0.6) is 0 Å². The van der Waals surface area contributed by atoms with Crippen molar-refractivity contribution < 1.29 is 9.45 Å². The average Bonchev–Trinajstić information content (AvgIpc) is 3.52. The van der Waals surface area contributed by atoms with E-state index >= 15 is 0 Å². The van der Waals surface area contributed by atoms with E-state index in [0.29, 0.717) is 30.4 Å². The van der Waals surface area contributed by atoms with Crippen LogP contribution in [0.4, 0.5) is 5.69 Å². The Morgan fingerprint density at radius 2 is 1.60 bits per heavy atom. The first-order valence-corrected chi connectivity index (χ1v) is 11.0. The van der Waals surface area contributed by atoms with Gasteiger partial charge >= 0.3 is 0 Å². The molecule has 0 saturated heterocycles. The number of benzene rings is 3. The molecule has 0 fully saturated rings. The minimum absolute atomic E-state index is 0.0162. The summed E-state index contributed by atoms with van der Waals surface area (Å²) in [5.41, 5.74) is 4.69. The molecule has 5 rings (SSSR count). The van der Waals surface area contributed by atoms with Gasteiger partial charge in [0.1, 0.15) is 0 Å². The van der Waals surface area contributed by atoms with E-state index in [1.54, 1.807) is 12.1 Å². The van der Waals surface area contributed by atoms with Crippen molar-refractivity contribution in [1.29, 1.82) is 0 Å². The van der Waals surface area contributed by atoms with Gasteiger partial charge in [-0.25, -0.2) is 4.68 Å². The van der Waals surface area contributed by atoms with Gasteiger partial charge in [0, 0.05) is 41.6 Å². The van der Waals surface area contributed by atoms with Gasteiger partial charge in [-0.2, -0.15) is 10.1 Å². The lowest BCUT2D eigenvalue weighted by atomic mass is 10.1. The van der Waals surface area contributed by atoms with E-state index in [2.05, 4.69) is 27.2 Å². The van der Waals surface area contributed by atoms with Crippen LogP contribution in [0.3, 0.4) is 0 Å². The van der Waals surface area contributed by atoms with E-state index in [1.807, 2.05) is 66.5 Å². The van der Waals surface area contributed by atoms with E-state index in [1.165, 1.54) is 12.1 Å². The predicted octanol–water partition coefficient (Wildman–Crippen LogP) is 5.13. The van der Waals surface area contributed by atoms with Gasteiger partial charge < -0.3 is 4.52 Å². The van der Waals surface area contributed by atoms with Crippen LogP contribution in [-0.2, 0) is 13.1 Å². The first-order valence-electron chi connectivity index (χ1n) is 11.0. The summed E-state index contributed by atoms with van der Waals surface area (Å²) in [5, 5.41) is 19.8. The summed E-state index contributed by atoms with van der Waals surface area (Å²) in [6, 6.07) is 26.2. The van der Waals surface area contributed by atoms with Crippen molar-refractivity contribution in [1.82, 2.24) is 24.8 Å². The summed E-state index contributed by atoms with van der Waals surface area (Å²) in [4.78, 5) is 17.0. The van der Waals surface area contributed by atoms with Gasteiger partial charge in [-0.05, 0) is 31.3 Å². The van der Waals surface area contributed by atoms with Crippen LogP contribution in [0.1, 0.15) is 11.5 Å². The molecule has 0 N–H and O–H groups in total. The van der Waals surface area contributed by atoms with Crippen LogP contribution >= 0.6 is 0 Å². The van der Waals surface area contributed by atoms with E-state index in [0.717, 1.165) is 22.5 Å². The van der Waals surface area contributed by atoms with Crippen molar-refractivity contribution >= 4 is 5.69 Å². The quantitative estimate of drug-likeness (QED) is 0.231. The fourth-order valence-corrected chi connectivity index (χ4v) is 3.82. The van der Waals surface area contributed by atoms with Gasteiger partial charge in [0.15, 0.2) is 0 Å². The molecule has 2 heterocycles. The van der Waals surface area contributed by atoms with Crippen molar-refractivity contribution in [2.45, 2.75) is 13.1 Å². The molecule has 0 aliphatic rings. The second-order valence-electron chi connectivity index (χ2n) is 8.14. The predicted molar refractivity (Wildman–Crippen MR) is 131 cm³/mol. The number of aromatic nitrogens is 4. The van der Waals surface area contributed by atoms with Crippen molar-refractivity contribution in [3.05, 3.63) is 113 Å². The third-order valence-corrected chi connectivity index (χ3v) is 5.51. The zero-order valence-corrected chi connectivity index (χ0v) is 19.0. The summed E-state index contributed by atoms with van der Waals surface area (Å²) in [5.74, 6) is 0.850.